The molecule has 0 radical (unpaired) electrons. The Kier molecular flexibility index (Phi) is 5.14. The van der Waals surface area contributed by atoms with Gasteiger partial charge in [-0.15, -0.1) is 5.10 Å². The first-order chi connectivity index (χ1) is 11.6. The molecule has 0 saturated heterocycles. The number of carbonyl (C=O) groups is 1. The standard InChI is InChI=1S/C18H23N3O2S/c1-4-16-17(24-20-19-16)18(22)21(12(2)14-7-8-14)11-13-5-9-15(23-3)10-6-13/h5-6,9-10,12,14H,4,7-8,11H2,1-3H3. The summed E-state index contributed by atoms with van der Waals surface area (Å²) >= 11 is 1.20. The van der Waals surface area contributed by atoms with Gasteiger partial charge in [0.2, 0.25) is 0 Å². The van der Waals surface area contributed by atoms with Gasteiger partial charge in [-0.2, -0.15) is 0 Å². The summed E-state index contributed by atoms with van der Waals surface area (Å²) < 4.78 is 9.18. The molecule has 1 atom stereocenters. The monoisotopic (exact) mass is 345 g/mol. The lowest BCUT2D eigenvalue weighted by molar-refractivity contribution is 0.0658. The van der Waals surface area contributed by atoms with E-state index in [1.54, 1.807) is 7.11 Å². The summed E-state index contributed by atoms with van der Waals surface area (Å²) in [5.74, 6) is 1.49. The Balaban J connectivity index is 1.84. The minimum Gasteiger partial charge on any atom is -0.497 e. The number of methoxy groups -OCH3 is 1. The van der Waals surface area contributed by atoms with E-state index in [1.165, 1.54) is 24.4 Å². The van der Waals surface area contributed by atoms with E-state index in [9.17, 15) is 4.79 Å². The first-order valence-electron chi connectivity index (χ1n) is 8.39. The maximum Gasteiger partial charge on any atom is 0.268 e. The minimum absolute atomic E-state index is 0.0528. The normalized spacial score (nSPS) is 15.1. The SMILES string of the molecule is CCc1nnsc1C(=O)N(Cc1ccc(OC)cc1)C(C)C1CC1. The van der Waals surface area contributed by atoms with E-state index in [2.05, 4.69) is 16.5 Å². The van der Waals surface area contributed by atoms with Crippen molar-refractivity contribution in [3.63, 3.8) is 0 Å². The van der Waals surface area contributed by atoms with Gasteiger partial charge < -0.3 is 9.64 Å². The molecule has 0 bridgehead atoms. The Morgan fingerprint density at radius 2 is 2.08 bits per heavy atom. The van der Waals surface area contributed by atoms with Crippen LogP contribution in [0.3, 0.4) is 0 Å². The molecule has 1 aliphatic rings. The van der Waals surface area contributed by atoms with Crippen LogP contribution in [0.2, 0.25) is 0 Å². The second-order valence-electron chi connectivity index (χ2n) is 6.26. The third-order valence-corrected chi connectivity index (χ3v) is 5.41. The van der Waals surface area contributed by atoms with E-state index in [0.29, 0.717) is 17.3 Å². The Bertz CT molecular complexity index is 695. The molecule has 1 amide bonds. The van der Waals surface area contributed by atoms with E-state index in [0.717, 1.165) is 23.4 Å². The Labute approximate surface area is 146 Å². The highest BCUT2D eigenvalue weighted by Crippen LogP contribution is 2.36. The molecule has 1 unspecified atom stereocenters. The van der Waals surface area contributed by atoms with Crippen LogP contribution in [0.4, 0.5) is 0 Å². The number of benzene rings is 1. The number of aromatic nitrogens is 2. The summed E-state index contributed by atoms with van der Waals surface area (Å²) in [7, 11) is 1.66. The van der Waals surface area contributed by atoms with Gasteiger partial charge in [0, 0.05) is 12.6 Å². The van der Waals surface area contributed by atoms with Crippen molar-refractivity contribution in [3.05, 3.63) is 40.4 Å². The van der Waals surface area contributed by atoms with Crippen LogP contribution in [0.1, 0.15) is 47.6 Å². The number of hydrogen-bond donors (Lipinski definition) is 0. The molecule has 0 aliphatic heterocycles. The average Bonchev–Trinajstić information content (AvgIpc) is 3.36. The largest absolute Gasteiger partial charge is 0.497 e. The zero-order chi connectivity index (χ0) is 17.1. The first-order valence-corrected chi connectivity index (χ1v) is 9.16. The summed E-state index contributed by atoms with van der Waals surface area (Å²) in [6.45, 7) is 4.76. The van der Waals surface area contributed by atoms with E-state index >= 15 is 0 Å². The molecule has 6 heteroatoms. The molecule has 0 N–H and O–H groups in total. The molecule has 24 heavy (non-hydrogen) atoms. The summed E-state index contributed by atoms with van der Waals surface area (Å²) in [4.78, 5) is 15.8. The minimum atomic E-state index is 0.0528. The molecule has 2 aromatic rings. The molecule has 1 heterocycles. The molecule has 1 aromatic carbocycles. The lowest BCUT2D eigenvalue weighted by Gasteiger charge is -2.29. The Morgan fingerprint density at radius 1 is 1.38 bits per heavy atom. The van der Waals surface area contributed by atoms with E-state index < -0.39 is 0 Å². The first kappa shape index (κ1) is 16.9. The molecular formula is C18H23N3O2S. The Hall–Kier alpha value is -1.95. The summed E-state index contributed by atoms with van der Waals surface area (Å²) in [6, 6.07) is 8.14. The maximum atomic E-state index is 13.1. The van der Waals surface area contributed by atoms with Crippen molar-refractivity contribution in [2.75, 3.05) is 7.11 Å². The smallest absolute Gasteiger partial charge is 0.268 e. The lowest BCUT2D eigenvalue weighted by Crippen LogP contribution is -2.39. The summed E-state index contributed by atoms with van der Waals surface area (Å²) in [6.07, 6.45) is 3.13. The van der Waals surface area contributed by atoms with Gasteiger partial charge in [0.05, 0.1) is 12.8 Å². The zero-order valence-electron chi connectivity index (χ0n) is 14.4. The highest BCUT2D eigenvalue weighted by atomic mass is 32.1. The topological polar surface area (TPSA) is 55.3 Å². The number of hydrogen-bond acceptors (Lipinski definition) is 5. The van der Waals surface area contributed by atoms with Crippen LogP contribution in [0.25, 0.3) is 0 Å². The second-order valence-corrected chi connectivity index (χ2v) is 7.02. The number of rotatable bonds is 7. The molecule has 5 nitrogen and oxygen atoms in total. The fraction of sp³-hybridized carbons (Fsp3) is 0.500. The van der Waals surface area contributed by atoms with E-state index in [4.69, 9.17) is 4.74 Å². The van der Waals surface area contributed by atoms with Crippen molar-refractivity contribution in [2.45, 2.75) is 45.7 Å². The molecule has 1 aromatic heterocycles. The van der Waals surface area contributed by atoms with Gasteiger partial charge in [-0.25, -0.2) is 0 Å². The van der Waals surface area contributed by atoms with Crippen molar-refractivity contribution >= 4 is 17.4 Å². The zero-order valence-corrected chi connectivity index (χ0v) is 15.2. The van der Waals surface area contributed by atoms with Crippen molar-refractivity contribution < 1.29 is 9.53 Å². The van der Waals surface area contributed by atoms with E-state index in [1.807, 2.05) is 36.1 Å². The van der Waals surface area contributed by atoms with Crippen molar-refractivity contribution in [1.82, 2.24) is 14.5 Å². The van der Waals surface area contributed by atoms with Crippen LogP contribution in [-0.2, 0) is 13.0 Å². The van der Waals surface area contributed by atoms with Gasteiger partial charge in [0.25, 0.3) is 5.91 Å². The maximum absolute atomic E-state index is 13.1. The molecular weight excluding hydrogens is 322 g/mol. The van der Waals surface area contributed by atoms with Gasteiger partial charge >= 0.3 is 0 Å². The van der Waals surface area contributed by atoms with Crippen molar-refractivity contribution in [2.24, 2.45) is 5.92 Å². The van der Waals surface area contributed by atoms with Crippen LogP contribution in [0.15, 0.2) is 24.3 Å². The fourth-order valence-corrected chi connectivity index (χ4v) is 3.60. The average molecular weight is 345 g/mol. The lowest BCUT2D eigenvalue weighted by atomic mass is 10.1. The highest BCUT2D eigenvalue weighted by molar-refractivity contribution is 7.08. The molecule has 128 valence electrons. The van der Waals surface area contributed by atoms with Crippen LogP contribution >= 0.6 is 11.5 Å². The van der Waals surface area contributed by atoms with Gasteiger partial charge in [0.1, 0.15) is 10.6 Å². The number of amides is 1. The van der Waals surface area contributed by atoms with Crippen LogP contribution in [0, 0.1) is 5.92 Å². The predicted octanol–water partition coefficient (Wildman–Crippen LogP) is 3.55. The number of carbonyl (C=O) groups excluding carboxylic acids is 1. The van der Waals surface area contributed by atoms with Gasteiger partial charge in [-0.05, 0) is 61.3 Å². The number of nitrogens with zero attached hydrogens (tertiary/aromatic N) is 3. The van der Waals surface area contributed by atoms with Gasteiger partial charge in [-0.3, -0.25) is 4.79 Å². The number of ether oxygens (including phenoxy) is 1. The Morgan fingerprint density at radius 3 is 2.67 bits per heavy atom. The molecule has 1 saturated carbocycles. The number of aryl methyl sites for hydroxylation is 1. The fourth-order valence-electron chi connectivity index (χ4n) is 2.89. The van der Waals surface area contributed by atoms with Crippen molar-refractivity contribution in [3.8, 4) is 5.75 Å². The van der Waals surface area contributed by atoms with Gasteiger partial charge in [0.15, 0.2) is 0 Å². The van der Waals surface area contributed by atoms with Crippen molar-refractivity contribution in [1.29, 1.82) is 0 Å². The third-order valence-electron chi connectivity index (χ3n) is 4.65. The van der Waals surface area contributed by atoms with Crippen LogP contribution in [-0.4, -0.2) is 33.5 Å². The predicted molar refractivity (Wildman–Crippen MR) is 94.3 cm³/mol. The quantitative estimate of drug-likeness (QED) is 0.770. The van der Waals surface area contributed by atoms with Crippen LogP contribution in [0.5, 0.6) is 5.75 Å². The highest BCUT2D eigenvalue weighted by Gasteiger charge is 2.35. The molecule has 3 rings (SSSR count). The molecule has 1 fully saturated rings. The molecule has 0 spiro atoms. The molecule has 1 aliphatic carbocycles. The summed E-state index contributed by atoms with van der Waals surface area (Å²) in [5, 5.41) is 4.09. The second kappa shape index (κ2) is 7.30. The third kappa shape index (κ3) is 3.59. The van der Waals surface area contributed by atoms with Gasteiger partial charge in [-0.1, -0.05) is 23.5 Å². The van der Waals surface area contributed by atoms with E-state index in [-0.39, 0.29) is 11.9 Å². The van der Waals surface area contributed by atoms with Crippen LogP contribution < -0.4 is 4.74 Å². The summed E-state index contributed by atoms with van der Waals surface area (Å²) in [5.41, 5.74) is 1.90.